The molecule has 0 saturated heterocycles. The van der Waals surface area contributed by atoms with Crippen LogP contribution in [-0.4, -0.2) is 25.1 Å². The van der Waals surface area contributed by atoms with Gasteiger partial charge in [0.1, 0.15) is 16.5 Å². The third-order valence-electron chi connectivity index (χ3n) is 4.26. The maximum absolute atomic E-state index is 12.7. The maximum atomic E-state index is 12.7. The number of hydrogen-bond donors (Lipinski definition) is 1. The quantitative estimate of drug-likeness (QED) is 0.675. The van der Waals surface area contributed by atoms with Crippen LogP contribution >= 0.6 is 11.6 Å². The van der Waals surface area contributed by atoms with Crippen molar-refractivity contribution in [2.45, 2.75) is 24.8 Å². The average Bonchev–Trinajstić information content (AvgIpc) is 3.07. The van der Waals surface area contributed by atoms with E-state index in [1.165, 1.54) is 19.2 Å². The Morgan fingerprint density at radius 2 is 1.89 bits per heavy atom. The van der Waals surface area contributed by atoms with E-state index in [0.29, 0.717) is 5.75 Å². The maximum Gasteiger partial charge on any atom is 0.242 e. The molecule has 2 aromatic carbocycles. The molecular weight excluding hydrogens is 386 g/mol. The van der Waals surface area contributed by atoms with Gasteiger partial charge < -0.3 is 9.30 Å². The van der Waals surface area contributed by atoms with E-state index in [1.54, 1.807) is 19.2 Å². The van der Waals surface area contributed by atoms with E-state index in [4.69, 9.17) is 16.3 Å². The van der Waals surface area contributed by atoms with Gasteiger partial charge in [0, 0.05) is 30.2 Å². The lowest BCUT2D eigenvalue weighted by atomic mass is 10.1. The number of sulfonamides is 1. The van der Waals surface area contributed by atoms with Gasteiger partial charge in [0.25, 0.3) is 0 Å². The van der Waals surface area contributed by atoms with Crippen LogP contribution in [0, 0.1) is 6.92 Å². The van der Waals surface area contributed by atoms with E-state index in [0.717, 1.165) is 17.1 Å². The number of benzene rings is 2. The van der Waals surface area contributed by atoms with Gasteiger partial charge in [-0.3, -0.25) is 0 Å². The lowest BCUT2D eigenvalue weighted by Gasteiger charge is -2.16. The molecule has 1 atom stereocenters. The van der Waals surface area contributed by atoms with Crippen molar-refractivity contribution in [3.63, 3.8) is 0 Å². The molecule has 8 heteroatoms. The van der Waals surface area contributed by atoms with Gasteiger partial charge in [-0.2, -0.15) is 0 Å². The monoisotopic (exact) mass is 405 g/mol. The van der Waals surface area contributed by atoms with Crippen molar-refractivity contribution in [3.8, 4) is 11.4 Å². The van der Waals surface area contributed by atoms with E-state index in [1.807, 2.05) is 42.0 Å². The summed E-state index contributed by atoms with van der Waals surface area (Å²) < 4.78 is 35.2. The predicted octanol–water partition coefficient (Wildman–Crippen LogP) is 3.88. The fraction of sp³-hybridized carbons (Fsp3) is 0.211. The van der Waals surface area contributed by atoms with Crippen LogP contribution in [0.5, 0.6) is 5.75 Å². The number of imidazole rings is 1. The molecule has 0 spiro atoms. The summed E-state index contributed by atoms with van der Waals surface area (Å²) in [6, 6.07) is 11.7. The summed E-state index contributed by atoms with van der Waals surface area (Å²) in [7, 11) is -2.34. The number of nitrogens with one attached hydrogen (secondary N) is 1. The molecule has 1 aromatic heterocycles. The SMILES string of the molecule is COc1ccc(Cl)c(S(=O)(=O)NC(C)c2ccc(-n3ccnc3C)cc2)c1. The second-order valence-corrected chi connectivity index (χ2v) is 8.16. The first kappa shape index (κ1) is 19.4. The smallest absolute Gasteiger partial charge is 0.242 e. The highest BCUT2D eigenvalue weighted by molar-refractivity contribution is 7.89. The Bertz CT molecular complexity index is 1050. The Kier molecular flexibility index (Phi) is 5.55. The largest absolute Gasteiger partial charge is 0.497 e. The zero-order valence-electron chi connectivity index (χ0n) is 15.2. The van der Waals surface area contributed by atoms with Crippen LogP contribution in [0.4, 0.5) is 0 Å². The Morgan fingerprint density at radius 1 is 1.19 bits per heavy atom. The summed E-state index contributed by atoms with van der Waals surface area (Å²) in [5.41, 5.74) is 1.79. The second-order valence-electron chi connectivity index (χ2n) is 6.08. The highest BCUT2D eigenvalue weighted by Crippen LogP contribution is 2.27. The van der Waals surface area contributed by atoms with E-state index >= 15 is 0 Å². The van der Waals surface area contributed by atoms with Crippen LogP contribution in [0.15, 0.2) is 59.8 Å². The summed E-state index contributed by atoms with van der Waals surface area (Å²) >= 11 is 6.08. The number of aromatic nitrogens is 2. The number of hydrogen-bond acceptors (Lipinski definition) is 4. The molecule has 0 aliphatic rings. The van der Waals surface area contributed by atoms with Gasteiger partial charge in [-0.15, -0.1) is 0 Å². The van der Waals surface area contributed by atoms with Gasteiger partial charge in [0.15, 0.2) is 0 Å². The zero-order valence-corrected chi connectivity index (χ0v) is 16.8. The van der Waals surface area contributed by atoms with Gasteiger partial charge >= 0.3 is 0 Å². The average molecular weight is 406 g/mol. The summed E-state index contributed by atoms with van der Waals surface area (Å²) in [5.74, 6) is 1.30. The number of halogens is 1. The minimum atomic E-state index is -3.81. The predicted molar refractivity (Wildman–Crippen MR) is 105 cm³/mol. The molecule has 142 valence electrons. The van der Waals surface area contributed by atoms with Crippen LogP contribution in [0.3, 0.4) is 0 Å². The van der Waals surface area contributed by atoms with Crippen LogP contribution < -0.4 is 9.46 Å². The lowest BCUT2D eigenvalue weighted by Crippen LogP contribution is -2.27. The molecule has 0 amide bonds. The molecule has 0 bridgehead atoms. The first-order chi connectivity index (χ1) is 12.8. The number of ether oxygens (including phenoxy) is 1. The van der Waals surface area contributed by atoms with Crippen molar-refractivity contribution in [3.05, 3.63) is 71.3 Å². The van der Waals surface area contributed by atoms with Crippen LogP contribution in [0.2, 0.25) is 5.02 Å². The van der Waals surface area contributed by atoms with Gasteiger partial charge in [-0.05, 0) is 43.7 Å². The van der Waals surface area contributed by atoms with Crippen molar-refractivity contribution < 1.29 is 13.2 Å². The lowest BCUT2D eigenvalue weighted by molar-refractivity contribution is 0.413. The van der Waals surface area contributed by atoms with Crippen LogP contribution in [0.1, 0.15) is 24.4 Å². The summed E-state index contributed by atoms with van der Waals surface area (Å²) in [4.78, 5) is 4.19. The second kappa shape index (κ2) is 7.72. The number of rotatable bonds is 6. The van der Waals surface area contributed by atoms with E-state index in [9.17, 15) is 8.42 Å². The first-order valence-corrected chi connectivity index (χ1v) is 10.1. The van der Waals surface area contributed by atoms with Gasteiger partial charge in [-0.25, -0.2) is 18.1 Å². The molecule has 0 aliphatic heterocycles. The summed E-state index contributed by atoms with van der Waals surface area (Å²) in [6.45, 7) is 3.70. The van der Waals surface area contributed by atoms with Crippen molar-refractivity contribution >= 4 is 21.6 Å². The van der Waals surface area contributed by atoms with Crippen molar-refractivity contribution in [1.82, 2.24) is 14.3 Å². The summed E-state index contributed by atoms with van der Waals surface area (Å²) in [5, 5.41) is 0.140. The molecule has 3 aromatic rings. The van der Waals surface area contributed by atoms with Gasteiger partial charge in [0.2, 0.25) is 10.0 Å². The molecule has 0 aliphatic carbocycles. The molecule has 1 heterocycles. The standard InChI is InChI=1S/C19H20ClN3O3S/c1-13(15-4-6-16(7-5-15)23-11-10-21-14(23)2)22-27(24,25)19-12-17(26-3)8-9-18(19)20/h4-13,22H,1-3H3. The van der Waals surface area contributed by atoms with E-state index < -0.39 is 16.1 Å². The Morgan fingerprint density at radius 3 is 2.48 bits per heavy atom. The van der Waals surface area contributed by atoms with Crippen molar-refractivity contribution in [1.29, 1.82) is 0 Å². The minimum Gasteiger partial charge on any atom is -0.497 e. The Balaban J connectivity index is 1.82. The fourth-order valence-corrected chi connectivity index (χ4v) is 4.50. The van der Waals surface area contributed by atoms with Crippen molar-refractivity contribution in [2.24, 2.45) is 0 Å². The first-order valence-electron chi connectivity index (χ1n) is 8.28. The molecule has 3 rings (SSSR count). The van der Waals surface area contributed by atoms with E-state index in [-0.39, 0.29) is 9.92 Å². The highest BCUT2D eigenvalue weighted by Gasteiger charge is 2.22. The number of methoxy groups -OCH3 is 1. The Labute approximate surface area is 163 Å². The normalized spacial score (nSPS) is 12.7. The van der Waals surface area contributed by atoms with Crippen LogP contribution in [0.25, 0.3) is 5.69 Å². The Hall–Kier alpha value is -2.35. The molecule has 0 saturated carbocycles. The molecule has 1 unspecified atom stereocenters. The summed E-state index contributed by atoms with van der Waals surface area (Å²) in [6.07, 6.45) is 3.61. The van der Waals surface area contributed by atoms with Gasteiger partial charge in [-0.1, -0.05) is 23.7 Å². The van der Waals surface area contributed by atoms with Crippen LogP contribution in [-0.2, 0) is 10.0 Å². The molecule has 0 radical (unpaired) electrons. The third kappa shape index (κ3) is 4.16. The minimum absolute atomic E-state index is 0.0129. The molecule has 1 N–H and O–H groups in total. The third-order valence-corrected chi connectivity index (χ3v) is 6.28. The molecule has 0 fully saturated rings. The number of nitrogens with zero attached hydrogens (tertiary/aromatic N) is 2. The topological polar surface area (TPSA) is 73.2 Å². The van der Waals surface area contributed by atoms with Crippen molar-refractivity contribution in [2.75, 3.05) is 7.11 Å². The fourth-order valence-electron chi connectivity index (χ4n) is 2.76. The zero-order chi connectivity index (χ0) is 19.6. The molecule has 27 heavy (non-hydrogen) atoms. The molecule has 6 nitrogen and oxygen atoms in total. The number of aryl methyl sites for hydroxylation is 1. The van der Waals surface area contributed by atoms with E-state index in [2.05, 4.69) is 9.71 Å². The molecular formula is C19H20ClN3O3S. The highest BCUT2D eigenvalue weighted by atomic mass is 35.5. The van der Waals surface area contributed by atoms with Gasteiger partial charge in [0.05, 0.1) is 12.1 Å².